The lowest BCUT2D eigenvalue weighted by Crippen LogP contribution is -2.53. The minimum absolute atomic E-state index is 0.296. The SMILES string of the molecule is COC(=O)C1(NC(=O)c2cc(-c3ccc(OC)cc3)nc3ccccc23)CCCC1. The van der Waals surface area contributed by atoms with Crippen LogP contribution < -0.4 is 10.1 Å². The topological polar surface area (TPSA) is 77.5 Å². The number of esters is 1. The fourth-order valence-corrected chi connectivity index (χ4v) is 4.11. The largest absolute Gasteiger partial charge is 0.497 e. The third-order valence-electron chi connectivity index (χ3n) is 5.73. The summed E-state index contributed by atoms with van der Waals surface area (Å²) < 4.78 is 10.2. The van der Waals surface area contributed by atoms with Crippen LogP contribution in [0.4, 0.5) is 0 Å². The molecule has 0 bridgehead atoms. The van der Waals surface area contributed by atoms with Crippen molar-refractivity contribution in [3.05, 3.63) is 60.2 Å². The first kappa shape index (κ1) is 19.9. The van der Waals surface area contributed by atoms with Crippen LogP contribution in [0, 0.1) is 0 Å². The Kier molecular flexibility index (Phi) is 5.40. The van der Waals surface area contributed by atoms with Gasteiger partial charge in [0.05, 0.1) is 31.0 Å². The highest BCUT2D eigenvalue weighted by atomic mass is 16.5. The molecule has 1 heterocycles. The Labute approximate surface area is 175 Å². The maximum Gasteiger partial charge on any atom is 0.331 e. The number of methoxy groups -OCH3 is 2. The predicted octanol–water partition coefficient (Wildman–Crippen LogP) is 4.13. The van der Waals surface area contributed by atoms with Crippen LogP contribution >= 0.6 is 0 Å². The van der Waals surface area contributed by atoms with E-state index in [0.29, 0.717) is 24.1 Å². The van der Waals surface area contributed by atoms with E-state index in [0.717, 1.165) is 35.1 Å². The summed E-state index contributed by atoms with van der Waals surface area (Å²) in [5.74, 6) is 0.0662. The first-order valence-corrected chi connectivity index (χ1v) is 10.0. The van der Waals surface area contributed by atoms with Crippen LogP contribution in [0.5, 0.6) is 5.75 Å². The molecule has 0 unspecified atom stereocenters. The van der Waals surface area contributed by atoms with Gasteiger partial charge in [-0.25, -0.2) is 9.78 Å². The fraction of sp³-hybridized carbons (Fsp3) is 0.292. The van der Waals surface area contributed by atoms with E-state index in [4.69, 9.17) is 14.5 Å². The van der Waals surface area contributed by atoms with Gasteiger partial charge in [0, 0.05) is 10.9 Å². The number of carbonyl (C=O) groups excluding carboxylic acids is 2. The molecular formula is C24H24N2O4. The molecule has 30 heavy (non-hydrogen) atoms. The number of benzene rings is 2. The zero-order valence-electron chi connectivity index (χ0n) is 17.1. The quantitative estimate of drug-likeness (QED) is 0.647. The number of para-hydroxylation sites is 1. The van der Waals surface area contributed by atoms with Crippen molar-refractivity contribution in [1.82, 2.24) is 10.3 Å². The Hall–Kier alpha value is -3.41. The number of aromatic nitrogens is 1. The molecule has 154 valence electrons. The van der Waals surface area contributed by atoms with E-state index in [1.165, 1.54) is 7.11 Å². The van der Waals surface area contributed by atoms with Crippen molar-refractivity contribution in [1.29, 1.82) is 0 Å². The van der Waals surface area contributed by atoms with E-state index < -0.39 is 5.54 Å². The van der Waals surface area contributed by atoms with Gasteiger partial charge in [0.25, 0.3) is 5.91 Å². The molecule has 0 spiro atoms. The second kappa shape index (κ2) is 8.14. The average Bonchev–Trinajstić information content (AvgIpc) is 3.27. The Bertz CT molecular complexity index is 1090. The van der Waals surface area contributed by atoms with E-state index in [9.17, 15) is 9.59 Å². The van der Waals surface area contributed by atoms with Gasteiger partial charge in [-0.05, 0) is 49.2 Å². The lowest BCUT2D eigenvalue weighted by Gasteiger charge is -2.27. The molecule has 2 aromatic carbocycles. The maximum absolute atomic E-state index is 13.4. The number of hydrogen-bond donors (Lipinski definition) is 1. The van der Waals surface area contributed by atoms with Crippen molar-refractivity contribution < 1.29 is 19.1 Å². The van der Waals surface area contributed by atoms with Gasteiger partial charge in [-0.15, -0.1) is 0 Å². The molecule has 6 heteroatoms. The highest BCUT2D eigenvalue weighted by molar-refractivity contribution is 6.08. The van der Waals surface area contributed by atoms with Gasteiger partial charge < -0.3 is 14.8 Å². The van der Waals surface area contributed by atoms with Gasteiger partial charge in [0.15, 0.2) is 0 Å². The second-order valence-corrected chi connectivity index (χ2v) is 7.54. The van der Waals surface area contributed by atoms with Gasteiger partial charge in [-0.3, -0.25) is 4.79 Å². The molecule has 1 fully saturated rings. The number of rotatable bonds is 5. The van der Waals surface area contributed by atoms with E-state index in [1.54, 1.807) is 13.2 Å². The van der Waals surface area contributed by atoms with Crippen LogP contribution in [0.15, 0.2) is 54.6 Å². The summed E-state index contributed by atoms with van der Waals surface area (Å²) in [7, 11) is 2.98. The molecule has 0 atom stereocenters. The predicted molar refractivity (Wildman–Crippen MR) is 114 cm³/mol. The van der Waals surface area contributed by atoms with Crippen molar-refractivity contribution in [3.63, 3.8) is 0 Å². The highest BCUT2D eigenvalue weighted by Gasteiger charge is 2.43. The molecule has 1 N–H and O–H groups in total. The Morgan fingerprint density at radius 3 is 2.37 bits per heavy atom. The summed E-state index contributed by atoms with van der Waals surface area (Å²) >= 11 is 0. The van der Waals surface area contributed by atoms with Crippen LogP contribution in [0.25, 0.3) is 22.2 Å². The molecule has 1 aliphatic carbocycles. The minimum atomic E-state index is -0.962. The van der Waals surface area contributed by atoms with Crippen LogP contribution in [0.2, 0.25) is 0 Å². The zero-order chi connectivity index (χ0) is 21.1. The highest BCUT2D eigenvalue weighted by Crippen LogP contribution is 2.32. The summed E-state index contributed by atoms with van der Waals surface area (Å²) in [5, 5.41) is 3.73. The molecule has 4 rings (SSSR count). The molecular weight excluding hydrogens is 380 g/mol. The van der Waals surface area contributed by atoms with E-state index >= 15 is 0 Å². The summed E-state index contributed by atoms with van der Waals surface area (Å²) in [6.07, 6.45) is 2.92. The molecule has 0 aliphatic heterocycles. The summed E-state index contributed by atoms with van der Waals surface area (Å²) in [6, 6.07) is 16.8. The molecule has 0 radical (unpaired) electrons. The van der Waals surface area contributed by atoms with Gasteiger partial charge in [0.2, 0.25) is 0 Å². The third kappa shape index (κ3) is 3.61. The lowest BCUT2D eigenvalue weighted by molar-refractivity contribution is -0.148. The molecule has 1 aliphatic rings. The van der Waals surface area contributed by atoms with Crippen molar-refractivity contribution in [2.45, 2.75) is 31.2 Å². The monoisotopic (exact) mass is 404 g/mol. The number of amides is 1. The van der Waals surface area contributed by atoms with E-state index in [-0.39, 0.29) is 11.9 Å². The standard InChI is InChI=1S/C24H24N2O4/c1-29-17-11-9-16(10-12-17)21-15-19(18-7-3-4-8-20(18)25-21)22(27)26-24(23(28)30-2)13-5-6-14-24/h3-4,7-12,15H,5-6,13-14H2,1-2H3,(H,26,27). The number of hydrogen-bond acceptors (Lipinski definition) is 5. The number of nitrogens with zero attached hydrogens (tertiary/aromatic N) is 1. The molecule has 1 saturated carbocycles. The van der Waals surface area contributed by atoms with Crippen molar-refractivity contribution in [2.24, 2.45) is 0 Å². The first-order valence-electron chi connectivity index (χ1n) is 10.0. The van der Waals surface area contributed by atoms with Crippen LogP contribution in [-0.4, -0.2) is 36.6 Å². The fourth-order valence-electron chi connectivity index (χ4n) is 4.11. The van der Waals surface area contributed by atoms with Crippen molar-refractivity contribution in [2.75, 3.05) is 14.2 Å². The molecule has 1 amide bonds. The minimum Gasteiger partial charge on any atom is -0.497 e. The van der Waals surface area contributed by atoms with E-state index in [1.807, 2.05) is 48.5 Å². The summed E-state index contributed by atoms with van der Waals surface area (Å²) in [5.41, 5.74) is 1.80. The number of fused-ring (bicyclic) bond motifs is 1. The van der Waals surface area contributed by atoms with Crippen molar-refractivity contribution in [3.8, 4) is 17.0 Å². The van der Waals surface area contributed by atoms with Gasteiger partial charge >= 0.3 is 5.97 Å². The summed E-state index contributed by atoms with van der Waals surface area (Å²) in [4.78, 5) is 30.5. The number of pyridine rings is 1. The van der Waals surface area contributed by atoms with Crippen LogP contribution in [0.3, 0.4) is 0 Å². The number of ether oxygens (including phenoxy) is 2. The average molecular weight is 404 g/mol. The number of nitrogens with one attached hydrogen (secondary N) is 1. The number of carbonyl (C=O) groups is 2. The Balaban J connectivity index is 1.77. The maximum atomic E-state index is 13.4. The third-order valence-corrected chi connectivity index (χ3v) is 5.73. The first-order chi connectivity index (χ1) is 14.6. The van der Waals surface area contributed by atoms with Gasteiger partial charge in [-0.2, -0.15) is 0 Å². The molecule has 3 aromatic rings. The van der Waals surface area contributed by atoms with Crippen molar-refractivity contribution >= 4 is 22.8 Å². The zero-order valence-corrected chi connectivity index (χ0v) is 17.1. The van der Waals surface area contributed by atoms with Gasteiger partial charge in [-0.1, -0.05) is 31.0 Å². The lowest BCUT2D eigenvalue weighted by atomic mass is 9.96. The van der Waals surface area contributed by atoms with Gasteiger partial charge in [0.1, 0.15) is 11.3 Å². The Morgan fingerprint density at radius 1 is 1.00 bits per heavy atom. The molecule has 0 saturated heterocycles. The molecule has 1 aromatic heterocycles. The smallest absolute Gasteiger partial charge is 0.331 e. The van der Waals surface area contributed by atoms with Crippen LogP contribution in [-0.2, 0) is 9.53 Å². The Morgan fingerprint density at radius 2 is 1.70 bits per heavy atom. The van der Waals surface area contributed by atoms with Crippen LogP contribution in [0.1, 0.15) is 36.0 Å². The molecule has 6 nitrogen and oxygen atoms in total. The second-order valence-electron chi connectivity index (χ2n) is 7.54. The van der Waals surface area contributed by atoms with E-state index in [2.05, 4.69) is 5.32 Å². The normalized spacial score (nSPS) is 15.0. The summed E-state index contributed by atoms with van der Waals surface area (Å²) in [6.45, 7) is 0.